The molecule has 226 valence electrons. The summed E-state index contributed by atoms with van der Waals surface area (Å²) in [7, 11) is 0. The van der Waals surface area contributed by atoms with E-state index in [0.717, 1.165) is 65.8 Å². The Labute approximate surface area is 255 Å². The third kappa shape index (κ3) is 7.65. The largest absolute Gasteiger partial charge is 0.361 e. The monoisotopic (exact) mass is 579 g/mol. The molecule has 3 aromatic carbocycles. The highest BCUT2D eigenvalue weighted by Crippen LogP contribution is 2.32. The smallest absolute Gasteiger partial charge is 0.319 e. The topological polar surface area (TPSA) is 89.3 Å². The van der Waals surface area contributed by atoms with E-state index < -0.39 is 6.04 Å². The number of hydrogen-bond acceptors (Lipinski definition) is 3. The van der Waals surface area contributed by atoms with Crippen molar-refractivity contribution in [2.45, 2.75) is 77.4 Å². The van der Waals surface area contributed by atoms with Crippen LogP contribution in [0.3, 0.4) is 0 Å². The first kappa shape index (κ1) is 30.4. The van der Waals surface area contributed by atoms with Gasteiger partial charge in [-0.3, -0.25) is 9.69 Å². The zero-order valence-corrected chi connectivity index (χ0v) is 25.8. The first-order valence-electron chi connectivity index (χ1n) is 15.6. The molecule has 0 bridgehead atoms. The fourth-order valence-electron chi connectivity index (χ4n) is 6.11. The van der Waals surface area contributed by atoms with E-state index in [9.17, 15) is 9.59 Å². The maximum atomic E-state index is 13.8. The van der Waals surface area contributed by atoms with Crippen molar-refractivity contribution in [1.29, 1.82) is 0 Å². The third-order valence-electron chi connectivity index (χ3n) is 8.52. The van der Waals surface area contributed by atoms with Crippen LogP contribution < -0.4 is 16.0 Å². The lowest BCUT2D eigenvalue weighted by atomic mass is 9.93. The molecule has 3 amide bonds. The maximum Gasteiger partial charge on any atom is 0.319 e. The van der Waals surface area contributed by atoms with Crippen LogP contribution >= 0.6 is 0 Å². The van der Waals surface area contributed by atoms with E-state index in [4.69, 9.17) is 0 Å². The highest BCUT2D eigenvalue weighted by Gasteiger charge is 2.28. The van der Waals surface area contributed by atoms with E-state index in [1.807, 2.05) is 42.6 Å². The number of aromatic amines is 1. The van der Waals surface area contributed by atoms with Gasteiger partial charge in [0.25, 0.3) is 0 Å². The van der Waals surface area contributed by atoms with Gasteiger partial charge in [0.05, 0.1) is 0 Å². The molecule has 0 aliphatic carbocycles. The molecule has 0 radical (unpaired) electrons. The minimum Gasteiger partial charge on any atom is -0.361 e. The van der Waals surface area contributed by atoms with Gasteiger partial charge in [0, 0.05) is 54.9 Å². The highest BCUT2D eigenvalue weighted by molar-refractivity contribution is 5.95. The summed E-state index contributed by atoms with van der Waals surface area (Å²) in [5, 5.41) is 10.5. The fourth-order valence-corrected chi connectivity index (χ4v) is 6.11. The number of carbonyl (C=O) groups is 2. The second kappa shape index (κ2) is 13.9. The van der Waals surface area contributed by atoms with E-state index >= 15 is 0 Å². The summed E-state index contributed by atoms with van der Waals surface area (Å²) in [6, 6.07) is 23.7. The van der Waals surface area contributed by atoms with Crippen molar-refractivity contribution in [3.05, 3.63) is 101 Å². The summed E-state index contributed by atoms with van der Waals surface area (Å²) in [6.45, 7) is 11.3. The Kier molecular flexibility index (Phi) is 9.82. The predicted molar refractivity (Wildman–Crippen MR) is 175 cm³/mol. The molecule has 1 unspecified atom stereocenters. The van der Waals surface area contributed by atoms with Gasteiger partial charge in [0.2, 0.25) is 5.91 Å². The number of urea groups is 1. The molecule has 2 heterocycles. The van der Waals surface area contributed by atoms with Crippen molar-refractivity contribution in [2.75, 3.05) is 18.4 Å². The molecule has 1 aliphatic heterocycles. The molecule has 43 heavy (non-hydrogen) atoms. The Morgan fingerprint density at radius 2 is 1.51 bits per heavy atom. The van der Waals surface area contributed by atoms with Gasteiger partial charge in [-0.2, -0.15) is 0 Å². The van der Waals surface area contributed by atoms with Crippen molar-refractivity contribution in [3.8, 4) is 0 Å². The number of likely N-dealkylation sites (tertiary alicyclic amines) is 1. The number of hydrogen-bond donors (Lipinski definition) is 4. The molecule has 1 saturated heterocycles. The number of anilines is 1. The van der Waals surface area contributed by atoms with Crippen molar-refractivity contribution >= 4 is 28.5 Å². The summed E-state index contributed by atoms with van der Waals surface area (Å²) in [5.74, 6) is 0.335. The molecule has 1 aromatic heterocycles. The van der Waals surface area contributed by atoms with Gasteiger partial charge in [0.1, 0.15) is 6.04 Å². The molecule has 0 spiro atoms. The number of carbonyl (C=O) groups excluding carboxylic acids is 2. The molecule has 1 aliphatic rings. The number of nitrogens with zero attached hydrogens (tertiary/aromatic N) is 1. The number of rotatable bonds is 10. The van der Waals surface area contributed by atoms with Gasteiger partial charge in [-0.25, -0.2) is 4.79 Å². The van der Waals surface area contributed by atoms with E-state index in [2.05, 4.69) is 89.9 Å². The number of nitrogens with one attached hydrogen (secondary N) is 4. The average molecular weight is 580 g/mol. The highest BCUT2D eigenvalue weighted by atomic mass is 16.2. The molecule has 1 atom stereocenters. The van der Waals surface area contributed by atoms with Gasteiger partial charge >= 0.3 is 6.03 Å². The van der Waals surface area contributed by atoms with Crippen LogP contribution in [0, 0.1) is 0 Å². The first-order chi connectivity index (χ1) is 20.8. The minimum atomic E-state index is -0.727. The Bertz CT molecular complexity index is 1490. The van der Waals surface area contributed by atoms with Crippen LogP contribution in [0.2, 0.25) is 0 Å². The molecule has 1 fully saturated rings. The Morgan fingerprint density at radius 3 is 2.19 bits per heavy atom. The van der Waals surface area contributed by atoms with Gasteiger partial charge in [0.15, 0.2) is 0 Å². The lowest BCUT2D eigenvalue weighted by molar-refractivity contribution is -0.123. The van der Waals surface area contributed by atoms with E-state index in [1.54, 1.807) is 0 Å². The molecule has 0 saturated carbocycles. The van der Waals surface area contributed by atoms with Crippen molar-refractivity contribution in [3.63, 3.8) is 0 Å². The summed E-state index contributed by atoms with van der Waals surface area (Å²) in [6.07, 6.45) is 4.09. The lowest BCUT2D eigenvalue weighted by Gasteiger charge is -2.33. The molecule has 5 rings (SSSR count). The number of aromatic nitrogens is 1. The SMILES string of the molecule is CC(C)c1cccc(C(C)C)c1NC(=O)NC(Cc1c[nH]c2ccccc12)C(=O)NC1CCN(Cc2ccccc2)CC1. The third-order valence-corrected chi connectivity index (χ3v) is 8.52. The molecular formula is C36H45N5O2. The second-order valence-electron chi connectivity index (χ2n) is 12.4. The van der Waals surface area contributed by atoms with Crippen LogP contribution in [-0.4, -0.2) is 47.0 Å². The van der Waals surface area contributed by atoms with Gasteiger partial charge in [-0.05, 0) is 53.0 Å². The summed E-state index contributed by atoms with van der Waals surface area (Å²) < 4.78 is 0. The average Bonchev–Trinajstić information content (AvgIpc) is 3.41. The van der Waals surface area contributed by atoms with E-state index in [-0.39, 0.29) is 29.8 Å². The van der Waals surface area contributed by atoms with Crippen molar-refractivity contribution in [2.24, 2.45) is 0 Å². The van der Waals surface area contributed by atoms with E-state index in [0.29, 0.717) is 6.42 Å². The Hall–Kier alpha value is -4.10. The van der Waals surface area contributed by atoms with Crippen LogP contribution in [-0.2, 0) is 17.8 Å². The van der Waals surface area contributed by atoms with E-state index in [1.165, 1.54) is 5.56 Å². The zero-order valence-electron chi connectivity index (χ0n) is 25.8. The molecule has 7 nitrogen and oxygen atoms in total. The number of piperidine rings is 1. The van der Waals surface area contributed by atoms with Crippen molar-refractivity contribution < 1.29 is 9.59 Å². The molecule has 4 N–H and O–H groups in total. The number of H-pyrrole nitrogens is 1. The molecule has 4 aromatic rings. The zero-order chi connectivity index (χ0) is 30.3. The normalized spacial score (nSPS) is 15.1. The van der Waals surface area contributed by atoms with Gasteiger partial charge < -0.3 is 20.9 Å². The fraction of sp³-hybridized carbons (Fsp3) is 0.389. The van der Waals surface area contributed by atoms with Crippen LogP contribution in [0.5, 0.6) is 0 Å². The summed E-state index contributed by atoms with van der Waals surface area (Å²) >= 11 is 0. The molecule has 7 heteroatoms. The standard InChI is InChI=1S/C36H45N5O2/c1-24(2)29-14-10-15-30(25(3)4)34(29)40-36(43)39-33(21-27-22-37-32-16-9-8-13-31(27)32)35(42)38-28-17-19-41(20-18-28)23-26-11-6-5-7-12-26/h5-16,22,24-25,28,33,37H,17-21,23H2,1-4H3,(H,38,42)(H2,39,40,43). The Balaban J connectivity index is 1.29. The van der Waals surface area contributed by atoms with Gasteiger partial charge in [-0.15, -0.1) is 0 Å². The quantitative estimate of drug-likeness (QED) is 0.164. The van der Waals surface area contributed by atoms with Crippen LogP contribution in [0.25, 0.3) is 10.9 Å². The first-order valence-corrected chi connectivity index (χ1v) is 15.6. The summed E-state index contributed by atoms with van der Waals surface area (Å²) in [4.78, 5) is 33.1. The minimum absolute atomic E-state index is 0.0732. The molecular weight excluding hydrogens is 534 g/mol. The number of benzene rings is 3. The van der Waals surface area contributed by atoms with Crippen LogP contribution in [0.4, 0.5) is 10.5 Å². The number of fused-ring (bicyclic) bond motifs is 1. The number of para-hydroxylation sites is 2. The van der Waals surface area contributed by atoms with Crippen molar-refractivity contribution in [1.82, 2.24) is 20.5 Å². The van der Waals surface area contributed by atoms with Crippen LogP contribution in [0.1, 0.15) is 74.6 Å². The lowest BCUT2D eigenvalue weighted by Crippen LogP contribution is -2.53. The van der Waals surface area contributed by atoms with Crippen LogP contribution in [0.15, 0.2) is 79.0 Å². The Morgan fingerprint density at radius 1 is 0.860 bits per heavy atom. The second-order valence-corrected chi connectivity index (χ2v) is 12.4. The number of amides is 3. The predicted octanol–water partition coefficient (Wildman–Crippen LogP) is 6.93. The summed E-state index contributed by atoms with van der Waals surface area (Å²) in [5.41, 5.74) is 6.32. The van der Waals surface area contributed by atoms with Gasteiger partial charge in [-0.1, -0.05) is 94.4 Å². The maximum absolute atomic E-state index is 13.8.